The SMILES string of the molecule is Cc1ccc2cccc(NC(=O)c3nc(Cl)ccc3Cl)c2n1. The van der Waals surface area contributed by atoms with E-state index >= 15 is 0 Å². The lowest BCUT2D eigenvalue weighted by molar-refractivity contribution is 0.102. The van der Waals surface area contributed by atoms with E-state index in [1.807, 2.05) is 31.2 Å². The van der Waals surface area contributed by atoms with Gasteiger partial charge in [-0.15, -0.1) is 0 Å². The number of carbonyl (C=O) groups is 1. The van der Waals surface area contributed by atoms with Crippen LogP contribution >= 0.6 is 23.2 Å². The van der Waals surface area contributed by atoms with Crippen molar-refractivity contribution in [3.63, 3.8) is 0 Å². The van der Waals surface area contributed by atoms with Gasteiger partial charge >= 0.3 is 0 Å². The predicted molar refractivity (Wildman–Crippen MR) is 88.7 cm³/mol. The number of nitrogens with one attached hydrogen (secondary N) is 1. The van der Waals surface area contributed by atoms with Gasteiger partial charge in [0.2, 0.25) is 0 Å². The average molecular weight is 332 g/mol. The van der Waals surface area contributed by atoms with Crippen molar-refractivity contribution in [1.29, 1.82) is 0 Å². The van der Waals surface area contributed by atoms with Crippen LogP contribution in [-0.4, -0.2) is 15.9 Å². The summed E-state index contributed by atoms with van der Waals surface area (Å²) in [5.74, 6) is -0.427. The number of pyridine rings is 2. The summed E-state index contributed by atoms with van der Waals surface area (Å²) >= 11 is 11.8. The number of para-hydroxylation sites is 1. The van der Waals surface area contributed by atoms with E-state index < -0.39 is 5.91 Å². The molecule has 2 heterocycles. The first-order valence-corrected chi connectivity index (χ1v) is 7.30. The summed E-state index contributed by atoms with van der Waals surface area (Å²) in [6.07, 6.45) is 0. The van der Waals surface area contributed by atoms with E-state index in [9.17, 15) is 4.79 Å². The van der Waals surface area contributed by atoms with Crippen LogP contribution in [0.5, 0.6) is 0 Å². The molecule has 3 rings (SSSR count). The fraction of sp³-hybridized carbons (Fsp3) is 0.0625. The van der Waals surface area contributed by atoms with Gasteiger partial charge in [0.15, 0.2) is 0 Å². The summed E-state index contributed by atoms with van der Waals surface area (Å²) in [6, 6.07) is 12.5. The summed E-state index contributed by atoms with van der Waals surface area (Å²) in [5.41, 5.74) is 2.27. The molecule has 0 fully saturated rings. The normalized spacial score (nSPS) is 10.7. The molecule has 0 atom stereocenters. The molecule has 0 saturated carbocycles. The molecule has 4 nitrogen and oxygen atoms in total. The largest absolute Gasteiger partial charge is 0.319 e. The Hall–Kier alpha value is -2.17. The molecular weight excluding hydrogens is 321 g/mol. The van der Waals surface area contributed by atoms with Crippen molar-refractivity contribution in [2.45, 2.75) is 6.92 Å². The van der Waals surface area contributed by atoms with Gasteiger partial charge in [0.05, 0.1) is 16.2 Å². The van der Waals surface area contributed by atoms with Crippen LogP contribution in [0.1, 0.15) is 16.2 Å². The van der Waals surface area contributed by atoms with Crippen molar-refractivity contribution < 1.29 is 4.79 Å². The Morgan fingerprint density at radius 1 is 1.05 bits per heavy atom. The van der Waals surface area contributed by atoms with Crippen molar-refractivity contribution in [2.75, 3.05) is 5.32 Å². The smallest absolute Gasteiger partial charge is 0.275 e. The molecule has 1 N–H and O–H groups in total. The molecule has 3 aromatic rings. The minimum atomic E-state index is -0.427. The van der Waals surface area contributed by atoms with Crippen LogP contribution in [0.2, 0.25) is 10.2 Å². The van der Waals surface area contributed by atoms with Crippen molar-refractivity contribution in [2.24, 2.45) is 0 Å². The van der Waals surface area contributed by atoms with E-state index in [0.29, 0.717) is 11.2 Å². The van der Waals surface area contributed by atoms with E-state index in [1.54, 1.807) is 6.07 Å². The fourth-order valence-corrected chi connectivity index (χ4v) is 2.44. The van der Waals surface area contributed by atoms with Crippen LogP contribution in [0.15, 0.2) is 42.5 Å². The molecule has 0 unspecified atom stereocenters. The Morgan fingerprint density at radius 3 is 2.68 bits per heavy atom. The van der Waals surface area contributed by atoms with Crippen molar-refractivity contribution >= 4 is 45.7 Å². The number of rotatable bonds is 2. The number of fused-ring (bicyclic) bond motifs is 1. The number of anilines is 1. The number of benzene rings is 1. The number of amides is 1. The highest BCUT2D eigenvalue weighted by atomic mass is 35.5. The molecule has 0 bridgehead atoms. The molecule has 0 aliphatic carbocycles. The predicted octanol–water partition coefficient (Wildman–Crippen LogP) is 4.50. The first-order valence-electron chi connectivity index (χ1n) is 6.54. The van der Waals surface area contributed by atoms with Crippen LogP contribution in [0.4, 0.5) is 5.69 Å². The topological polar surface area (TPSA) is 54.9 Å². The fourth-order valence-electron chi connectivity index (χ4n) is 2.10. The molecular formula is C16H11Cl2N3O. The zero-order valence-electron chi connectivity index (χ0n) is 11.6. The van der Waals surface area contributed by atoms with Crippen LogP contribution in [0, 0.1) is 6.92 Å². The van der Waals surface area contributed by atoms with Crippen molar-refractivity contribution in [3.8, 4) is 0 Å². The molecule has 0 aliphatic rings. The lowest BCUT2D eigenvalue weighted by atomic mass is 10.1. The number of carbonyl (C=O) groups excluding carboxylic acids is 1. The highest BCUT2D eigenvalue weighted by Crippen LogP contribution is 2.24. The second kappa shape index (κ2) is 5.91. The molecule has 1 aromatic carbocycles. The third kappa shape index (κ3) is 2.89. The maximum atomic E-state index is 12.4. The summed E-state index contributed by atoms with van der Waals surface area (Å²) in [7, 11) is 0. The summed E-state index contributed by atoms with van der Waals surface area (Å²) in [5, 5.41) is 4.18. The number of aryl methyl sites for hydroxylation is 1. The van der Waals surface area contributed by atoms with Gasteiger partial charge in [-0.05, 0) is 31.2 Å². The first-order chi connectivity index (χ1) is 10.5. The summed E-state index contributed by atoms with van der Waals surface area (Å²) < 4.78 is 0. The van der Waals surface area contributed by atoms with Gasteiger partial charge in [-0.3, -0.25) is 9.78 Å². The molecule has 0 aliphatic heterocycles. The number of aromatic nitrogens is 2. The molecule has 110 valence electrons. The van der Waals surface area contributed by atoms with Gasteiger partial charge in [-0.1, -0.05) is 41.4 Å². The van der Waals surface area contributed by atoms with Crippen LogP contribution in [-0.2, 0) is 0 Å². The maximum Gasteiger partial charge on any atom is 0.275 e. The summed E-state index contributed by atoms with van der Waals surface area (Å²) in [4.78, 5) is 20.8. The van der Waals surface area contributed by atoms with E-state index in [0.717, 1.165) is 11.1 Å². The summed E-state index contributed by atoms with van der Waals surface area (Å²) in [6.45, 7) is 1.90. The number of halogens is 2. The Balaban J connectivity index is 2.01. The number of hydrogen-bond donors (Lipinski definition) is 1. The van der Waals surface area contributed by atoms with Crippen LogP contribution in [0.25, 0.3) is 10.9 Å². The minimum Gasteiger partial charge on any atom is -0.319 e. The zero-order valence-corrected chi connectivity index (χ0v) is 13.1. The molecule has 1 amide bonds. The Labute approximate surface area is 137 Å². The van der Waals surface area contributed by atoms with Gasteiger partial charge in [0, 0.05) is 11.1 Å². The number of hydrogen-bond acceptors (Lipinski definition) is 3. The van der Waals surface area contributed by atoms with Gasteiger partial charge in [-0.2, -0.15) is 0 Å². The van der Waals surface area contributed by atoms with Gasteiger partial charge < -0.3 is 5.32 Å². The van der Waals surface area contributed by atoms with Crippen LogP contribution in [0.3, 0.4) is 0 Å². The molecule has 0 spiro atoms. The number of nitrogens with zero attached hydrogens (tertiary/aromatic N) is 2. The standard InChI is InChI=1S/C16H11Cl2N3O/c1-9-5-6-10-3-2-4-12(14(10)19-9)20-16(22)15-11(17)7-8-13(18)21-15/h2-8H,1H3,(H,20,22). The molecule has 0 saturated heterocycles. The average Bonchev–Trinajstić information content (AvgIpc) is 2.50. The highest BCUT2D eigenvalue weighted by Gasteiger charge is 2.14. The lowest BCUT2D eigenvalue weighted by Crippen LogP contribution is -2.15. The first kappa shape index (κ1) is 14.8. The van der Waals surface area contributed by atoms with E-state index in [2.05, 4.69) is 15.3 Å². The van der Waals surface area contributed by atoms with Gasteiger partial charge in [-0.25, -0.2) is 4.98 Å². The second-order valence-corrected chi connectivity index (χ2v) is 5.54. The molecule has 2 aromatic heterocycles. The Morgan fingerprint density at radius 2 is 1.86 bits per heavy atom. The molecule has 0 radical (unpaired) electrons. The quantitative estimate of drug-likeness (QED) is 0.703. The van der Waals surface area contributed by atoms with Gasteiger partial charge in [0.1, 0.15) is 10.8 Å². The van der Waals surface area contributed by atoms with E-state index in [-0.39, 0.29) is 15.9 Å². The van der Waals surface area contributed by atoms with E-state index in [4.69, 9.17) is 23.2 Å². The van der Waals surface area contributed by atoms with Crippen molar-refractivity contribution in [3.05, 3.63) is 64.0 Å². The van der Waals surface area contributed by atoms with Gasteiger partial charge in [0.25, 0.3) is 5.91 Å². The highest BCUT2D eigenvalue weighted by molar-refractivity contribution is 6.35. The van der Waals surface area contributed by atoms with E-state index in [1.165, 1.54) is 12.1 Å². The van der Waals surface area contributed by atoms with Crippen molar-refractivity contribution in [1.82, 2.24) is 9.97 Å². The van der Waals surface area contributed by atoms with Crippen LogP contribution < -0.4 is 5.32 Å². The Kier molecular flexibility index (Phi) is 3.96. The lowest BCUT2D eigenvalue weighted by Gasteiger charge is -2.09. The zero-order chi connectivity index (χ0) is 15.7. The Bertz CT molecular complexity index is 880. The molecule has 22 heavy (non-hydrogen) atoms. The maximum absolute atomic E-state index is 12.4. The second-order valence-electron chi connectivity index (χ2n) is 4.75. The monoisotopic (exact) mass is 331 g/mol. The molecule has 6 heteroatoms. The third-order valence-electron chi connectivity index (χ3n) is 3.13. The minimum absolute atomic E-state index is 0.0822. The third-order valence-corrected chi connectivity index (χ3v) is 3.65.